The van der Waals surface area contributed by atoms with E-state index in [1.165, 1.54) is 21.1 Å². The van der Waals surface area contributed by atoms with Gasteiger partial charge in [-0.15, -0.1) is 0 Å². The van der Waals surface area contributed by atoms with Crippen molar-refractivity contribution in [1.82, 2.24) is 0 Å². The van der Waals surface area contributed by atoms with Gasteiger partial charge < -0.3 is 19.5 Å². The number of esters is 1. The van der Waals surface area contributed by atoms with Crippen LogP contribution in [0, 0.1) is 0 Å². The molecule has 0 aliphatic rings. The van der Waals surface area contributed by atoms with Crippen LogP contribution in [-0.4, -0.2) is 32.2 Å². The highest BCUT2D eigenvalue weighted by Crippen LogP contribution is 2.29. The zero-order chi connectivity index (χ0) is 18.4. The second-order valence-electron chi connectivity index (χ2n) is 5.05. The summed E-state index contributed by atoms with van der Waals surface area (Å²) in [6.07, 6.45) is -1.04. The third-order valence-electron chi connectivity index (χ3n) is 3.42. The van der Waals surface area contributed by atoms with Gasteiger partial charge in [0.2, 0.25) is 0 Å². The molecule has 1 atom stereocenters. The molecule has 0 radical (unpaired) electrons. The molecule has 6 nitrogen and oxygen atoms in total. The number of rotatable bonds is 6. The first-order valence-electron chi connectivity index (χ1n) is 7.45. The van der Waals surface area contributed by atoms with Crippen LogP contribution in [0.1, 0.15) is 17.3 Å². The Morgan fingerprint density at radius 2 is 1.60 bits per heavy atom. The van der Waals surface area contributed by atoms with E-state index in [0.29, 0.717) is 22.2 Å². The zero-order valence-electron chi connectivity index (χ0n) is 14.0. The van der Waals surface area contributed by atoms with Crippen molar-refractivity contribution in [3.8, 4) is 11.5 Å². The number of carbonyl (C=O) groups is 2. The van der Waals surface area contributed by atoms with Crippen LogP contribution in [0.2, 0.25) is 5.02 Å². The van der Waals surface area contributed by atoms with Crippen LogP contribution in [0.4, 0.5) is 5.69 Å². The lowest BCUT2D eigenvalue weighted by atomic mass is 10.1. The SMILES string of the molecule is COc1cccc(OC)c1C(=O)O[C@@H](C)C(=O)Nc1ccccc1Cl. The predicted octanol–water partition coefficient (Wildman–Crippen LogP) is 3.54. The summed E-state index contributed by atoms with van der Waals surface area (Å²) in [4.78, 5) is 24.7. The van der Waals surface area contributed by atoms with Crippen molar-refractivity contribution in [2.75, 3.05) is 19.5 Å². The molecule has 1 amide bonds. The molecule has 25 heavy (non-hydrogen) atoms. The van der Waals surface area contributed by atoms with Crippen molar-refractivity contribution in [1.29, 1.82) is 0 Å². The molecule has 1 N–H and O–H groups in total. The molecule has 132 valence electrons. The van der Waals surface area contributed by atoms with Gasteiger partial charge in [-0.05, 0) is 31.2 Å². The third kappa shape index (κ3) is 4.42. The summed E-state index contributed by atoms with van der Waals surface area (Å²) in [5, 5.41) is 3.00. The van der Waals surface area contributed by atoms with E-state index in [-0.39, 0.29) is 5.56 Å². The average molecular weight is 364 g/mol. The van der Waals surface area contributed by atoms with Gasteiger partial charge in [0.1, 0.15) is 17.1 Å². The predicted molar refractivity (Wildman–Crippen MR) is 94.5 cm³/mol. The molecule has 0 spiro atoms. The Balaban J connectivity index is 2.12. The van der Waals surface area contributed by atoms with E-state index in [9.17, 15) is 9.59 Å². The Morgan fingerprint density at radius 3 is 2.16 bits per heavy atom. The number of hydrogen-bond acceptors (Lipinski definition) is 5. The number of carbonyl (C=O) groups excluding carboxylic acids is 2. The van der Waals surface area contributed by atoms with E-state index in [4.69, 9.17) is 25.8 Å². The number of halogens is 1. The largest absolute Gasteiger partial charge is 0.496 e. The van der Waals surface area contributed by atoms with Crippen molar-refractivity contribution in [2.45, 2.75) is 13.0 Å². The summed E-state index contributed by atoms with van der Waals surface area (Å²) >= 11 is 6.00. The minimum absolute atomic E-state index is 0.116. The molecule has 0 fully saturated rings. The van der Waals surface area contributed by atoms with E-state index < -0.39 is 18.0 Å². The highest BCUT2D eigenvalue weighted by atomic mass is 35.5. The Hall–Kier alpha value is -2.73. The Morgan fingerprint density at radius 1 is 1.00 bits per heavy atom. The molecule has 0 saturated carbocycles. The van der Waals surface area contributed by atoms with Crippen molar-refractivity contribution in [2.24, 2.45) is 0 Å². The highest BCUT2D eigenvalue weighted by molar-refractivity contribution is 6.33. The molecule has 2 aromatic rings. The van der Waals surface area contributed by atoms with Crippen molar-refractivity contribution >= 4 is 29.2 Å². The van der Waals surface area contributed by atoms with Crippen LogP contribution in [0.3, 0.4) is 0 Å². The van der Waals surface area contributed by atoms with Gasteiger partial charge >= 0.3 is 5.97 Å². The van der Waals surface area contributed by atoms with Gasteiger partial charge in [0.05, 0.1) is 24.9 Å². The van der Waals surface area contributed by atoms with Gasteiger partial charge in [-0.1, -0.05) is 29.8 Å². The van der Waals surface area contributed by atoms with Crippen LogP contribution in [0.5, 0.6) is 11.5 Å². The maximum absolute atomic E-state index is 12.5. The van der Waals surface area contributed by atoms with Crippen LogP contribution < -0.4 is 14.8 Å². The number of nitrogens with one attached hydrogen (secondary N) is 1. The monoisotopic (exact) mass is 363 g/mol. The first-order valence-corrected chi connectivity index (χ1v) is 7.83. The average Bonchev–Trinajstić information content (AvgIpc) is 2.62. The number of benzene rings is 2. The first kappa shape index (κ1) is 18.6. The summed E-state index contributed by atoms with van der Waals surface area (Å²) in [5.74, 6) is -0.641. The molecule has 0 aromatic heterocycles. The number of para-hydroxylation sites is 1. The topological polar surface area (TPSA) is 73.9 Å². The normalized spacial score (nSPS) is 11.4. The standard InChI is InChI=1S/C18H18ClNO5/c1-11(17(21)20-13-8-5-4-7-12(13)19)25-18(22)16-14(23-2)9-6-10-15(16)24-3/h4-11H,1-3H3,(H,20,21)/t11-/m0/s1. The van der Waals surface area contributed by atoms with E-state index in [1.54, 1.807) is 42.5 Å². The number of methoxy groups -OCH3 is 2. The summed E-state index contributed by atoms with van der Waals surface area (Å²) in [5.41, 5.74) is 0.553. The molecular formula is C18H18ClNO5. The van der Waals surface area contributed by atoms with Crippen LogP contribution in [0.15, 0.2) is 42.5 Å². The zero-order valence-corrected chi connectivity index (χ0v) is 14.8. The van der Waals surface area contributed by atoms with Gasteiger partial charge in [-0.25, -0.2) is 4.79 Å². The third-order valence-corrected chi connectivity index (χ3v) is 3.75. The fourth-order valence-corrected chi connectivity index (χ4v) is 2.31. The fourth-order valence-electron chi connectivity index (χ4n) is 2.12. The number of ether oxygens (including phenoxy) is 3. The van der Waals surface area contributed by atoms with E-state index in [1.807, 2.05) is 0 Å². The van der Waals surface area contributed by atoms with Crippen molar-refractivity contribution in [3.63, 3.8) is 0 Å². The molecule has 0 heterocycles. The minimum atomic E-state index is -1.04. The van der Waals surface area contributed by atoms with Gasteiger partial charge in [0, 0.05) is 0 Å². The highest BCUT2D eigenvalue weighted by Gasteiger charge is 2.25. The van der Waals surface area contributed by atoms with E-state index in [0.717, 1.165) is 0 Å². The maximum atomic E-state index is 12.5. The summed E-state index contributed by atoms with van der Waals surface area (Å²) < 4.78 is 15.6. The minimum Gasteiger partial charge on any atom is -0.496 e. The molecule has 2 aromatic carbocycles. The second kappa shape index (κ2) is 8.39. The Labute approximate surface area is 150 Å². The molecule has 0 bridgehead atoms. The van der Waals surface area contributed by atoms with Gasteiger partial charge in [0.25, 0.3) is 5.91 Å². The van der Waals surface area contributed by atoms with Crippen LogP contribution in [0.25, 0.3) is 0 Å². The number of anilines is 1. The smallest absolute Gasteiger partial charge is 0.346 e. The summed E-state index contributed by atoms with van der Waals surface area (Å²) in [6.45, 7) is 1.46. The quantitative estimate of drug-likeness (QED) is 0.794. The molecule has 0 saturated heterocycles. The van der Waals surface area contributed by atoms with Gasteiger partial charge in [-0.2, -0.15) is 0 Å². The lowest BCUT2D eigenvalue weighted by Gasteiger charge is -2.16. The lowest BCUT2D eigenvalue weighted by Crippen LogP contribution is -2.30. The number of amides is 1. The molecule has 2 rings (SSSR count). The Kier molecular flexibility index (Phi) is 6.25. The van der Waals surface area contributed by atoms with Crippen LogP contribution in [-0.2, 0) is 9.53 Å². The van der Waals surface area contributed by atoms with Gasteiger partial charge in [0.15, 0.2) is 6.10 Å². The van der Waals surface area contributed by atoms with Crippen molar-refractivity contribution < 1.29 is 23.8 Å². The molecular weight excluding hydrogens is 346 g/mol. The first-order chi connectivity index (χ1) is 12.0. The maximum Gasteiger partial charge on any atom is 0.346 e. The molecule has 0 aliphatic heterocycles. The van der Waals surface area contributed by atoms with Crippen molar-refractivity contribution in [3.05, 3.63) is 53.1 Å². The summed E-state index contributed by atoms with van der Waals surface area (Å²) in [7, 11) is 2.86. The Bertz CT molecular complexity index is 756. The van der Waals surface area contributed by atoms with E-state index in [2.05, 4.69) is 5.32 Å². The van der Waals surface area contributed by atoms with E-state index >= 15 is 0 Å². The second-order valence-corrected chi connectivity index (χ2v) is 5.46. The molecule has 7 heteroatoms. The molecule has 0 unspecified atom stereocenters. The lowest BCUT2D eigenvalue weighted by molar-refractivity contribution is -0.123. The van der Waals surface area contributed by atoms with Gasteiger partial charge in [-0.3, -0.25) is 4.79 Å². The van der Waals surface area contributed by atoms with Crippen LogP contribution >= 0.6 is 11.6 Å². The molecule has 0 aliphatic carbocycles. The number of hydrogen-bond donors (Lipinski definition) is 1. The summed E-state index contributed by atoms with van der Waals surface area (Å²) in [6, 6.07) is 11.7. The fraction of sp³-hybridized carbons (Fsp3) is 0.222.